The molecule has 34 heavy (non-hydrogen) atoms. The standard InChI is InChI=1S/C25H36N6O2S/c1-17(2)28-23(27-16-26)21-15-30-12-13-33-22-7-6-19(14-20(22)24(30)29-21)34(32)18-8-10-31(11-9-18)25(3,4)5/h6-7,14-18H,8-13H2,1-5H3,(H2,26,27,28). The van der Waals surface area contributed by atoms with Gasteiger partial charge in [-0.1, -0.05) is 0 Å². The lowest BCUT2D eigenvalue weighted by atomic mass is 10.0. The highest BCUT2D eigenvalue weighted by Crippen LogP contribution is 2.35. The van der Waals surface area contributed by atoms with Gasteiger partial charge in [-0.3, -0.25) is 14.1 Å². The summed E-state index contributed by atoms with van der Waals surface area (Å²) in [6.45, 7) is 13.8. The van der Waals surface area contributed by atoms with Crippen LogP contribution < -0.4 is 10.5 Å². The first-order chi connectivity index (χ1) is 16.2. The molecule has 8 nitrogen and oxygen atoms in total. The Kier molecular flexibility index (Phi) is 7.23. The Bertz CT molecular complexity index is 1110. The summed E-state index contributed by atoms with van der Waals surface area (Å²) in [5.41, 5.74) is 7.22. The van der Waals surface area contributed by atoms with Crippen LogP contribution in [0.5, 0.6) is 5.75 Å². The van der Waals surface area contributed by atoms with Crippen molar-refractivity contribution in [3.05, 3.63) is 30.1 Å². The van der Waals surface area contributed by atoms with Gasteiger partial charge in [0.2, 0.25) is 0 Å². The molecule has 3 heterocycles. The molecule has 1 unspecified atom stereocenters. The van der Waals surface area contributed by atoms with E-state index in [4.69, 9.17) is 15.5 Å². The Morgan fingerprint density at radius 2 is 2.00 bits per heavy atom. The number of aliphatic imine (C=N–C) groups is 2. The van der Waals surface area contributed by atoms with Crippen molar-refractivity contribution >= 4 is 23.0 Å². The molecule has 1 fully saturated rings. The van der Waals surface area contributed by atoms with Crippen molar-refractivity contribution in [2.24, 2.45) is 15.7 Å². The third-order valence-electron chi connectivity index (χ3n) is 6.29. The molecule has 0 bridgehead atoms. The molecule has 2 N–H and O–H groups in total. The van der Waals surface area contributed by atoms with Gasteiger partial charge < -0.3 is 15.0 Å². The lowest BCUT2D eigenvalue weighted by Crippen LogP contribution is -2.47. The maximum atomic E-state index is 13.5. The van der Waals surface area contributed by atoms with Crippen molar-refractivity contribution < 1.29 is 8.95 Å². The van der Waals surface area contributed by atoms with Crippen molar-refractivity contribution in [3.8, 4) is 17.1 Å². The van der Waals surface area contributed by atoms with Gasteiger partial charge >= 0.3 is 0 Å². The highest BCUT2D eigenvalue weighted by molar-refractivity contribution is 7.85. The summed E-state index contributed by atoms with van der Waals surface area (Å²) >= 11 is 0. The van der Waals surface area contributed by atoms with E-state index in [9.17, 15) is 4.21 Å². The van der Waals surface area contributed by atoms with Crippen LogP contribution in [0.15, 0.2) is 39.3 Å². The number of amidine groups is 1. The Morgan fingerprint density at radius 3 is 2.65 bits per heavy atom. The average Bonchev–Trinajstić information content (AvgIpc) is 3.14. The van der Waals surface area contributed by atoms with Crippen molar-refractivity contribution in [3.63, 3.8) is 0 Å². The van der Waals surface area contributed by atoms with Gasteiger partial charge in [-0.15, -0.1) is 0 Å². The van der Waals surface area contributed by atoms with Crippen LogP contribution in [-0.4, -0.2) is 67.4 Å². The zero-order chi connectivity index (χ0) is 24.5. The number of imidazole rings is 1. The van der Waals surface area contributed by atoms with Gasteiger partial charge in [-0.05, 0) is 78.7 Å². The number of benzene rings is 1. The second kappa shape index (κ2) is 10.00. The predicted molar refractivity (Wildman–Crippen MR) is 138 cm³/mol. The van der Waals surface area contributed by atoms with E-state index in [-0.39, 0.29) is 16.8 Å². The average molecular weight is 485 g/mol. The van der Waals surface area contributed by atoms with E-state index in [0.29, 0.717) is 24.7 Å². The minimum Gasteiger partial charge on any atom is -0.491 e. The van der Waals surface area contributed by atoms with Gasteiger partial charge in [0.05, 0.1) is 29.2 Å². The zero-order valence-electron chi connectivity index (χ0n) is 20.8. The molecule has 0 radical (unpaired) electrons. The molecule has 1 saturated heterocycles. The second-order valence-corrected chi connectivity index (χ2v) is 11.9. The molecule has 4 rings (SSSR count). The van der Waals surface area contributed by atoms with Crippen LogP contribution >= 0.6 is 0 Å². The van der Waals surface area contributed by atoms with E-state index in [0.717, 1.165) is 48.0 Å². The third-order valence-corrected chi connectivity index (χ3v) is 8.09. The van der Waals surface area contributed by atoms with E-state index in [2.05, 4.69) is 40.2 Å². The van der Waals surface area contributed by atoms with Gasteiger partial charge in [0, 0.05) is 27.9 Å². The Labute approximate surface area is 204 Å². The lowest BCUT2D eigenvalue weighted by Gasteiger charge is -2.40. The maximum absolute atomic E-state index is 13.5. The summed E-state index contributed by atoms with van der Waals surface area (Å²) in [7, 11) is -1.09. The topological polar surface area (TPSA) is 98.1 Å². The number of nitrogens with two attached hydrogens (primary N) is 1. The molecule has 184 valence electrons. The first kappa shape index (κ1) is 24.6. The highest BCUT2D eigenvalue weighted by atomic mass is 32.2. The normalized spacial score (nSPS) is 19.1. The Hall–Kier alpha value is -2.52. The van der Waals surface area contributed by atoms with Gasteiger partial charge in [0.1, 0.15) is 23.9 Å². The van der Waals surface area contributed by atoms with Crippen molar-refractivity contribution in [1.29, 1.82) is 0 Å². The quantitative estimate of drug-likeness (QED) is 0.529. The molecule has 1 aromatic heterocycles. The molecule has 2 aliphatic rings. The van der Waals surface area contributed by atoms with Crippen molar-refractivity contribution in [1.82, 2.24) is 14.5 Å². The number of rotatable bonds is 4. The molecule has 0 spiro atoms. The summed E-state index contributed by atoms with van der Waals surface area (Å²) in [5, 5.41) is 0.155. The van der Waals surface area contributed by atoms with E-state index in [1.54, 1.807) is 0 Å². The molecule has 9 heteroatoms. The summed E-state index contributed by atoms with van der Waals surface area (Å²) < 4.78 is 21.6. The Balaban J connectivity index is 1.64. The maximum Gasteiger partial charge on any atom is 0.176 e. The largest absolute Gasteiger partial charge is 0.491 e. The SMILES string of the molecule is CC(C)N=C(N=CN)c1cn2c(n1)-c1cc(S(=O)C3CCN(C(C)(C)C)CC3)ccc1OCC2. The fourth-order valence-corrected chi connectivity index (χ4v) is 5.97. The number of piperidine rings is 1. The highest BCUT2D eigenvalue weighted by Gasteiger charge is 2.31. The number of hydrogen-bond acceptors (Lipinski definition) is 5. The number of fused-ring (bicyclic) bond motifs is 3. The fourth-order valence-electron chi connectivity index (χ4n) is 4.51. The second-order valence-electron chi connectivity index (χ2n) is 10.1. The number of nitrogens with zero attached hydrogens (tertiary/aromatic N) is 5. The van der Waals surface area contributed by atoms with E-state index in [1.165, 1.54) is 6.34 Å². The molecule has 2 aliphatic heterocycles. The van der Waals surface area contributed by atoms with Crippen LogP contribution in [0.25, 0.3) is 11.4 Å². The number of hydrogen-bond donors (Lipinski definition) is 1. The third kappa shape index (κ3) is 5.25. The van der Waals surface area contributed by atoms with Crippen LogP contribution in [0, 0.1) is 0 Å². The fraction of sp³-hybridized carbons (Fsp3) is 0.560. The van der Waals surface area contributed by atoms with Crippen molar-refractivity contribution in [2.45, 2.75) is 75.7 Å². The first-order valence-corrected chi connectivity index (χ1v) is 13.2. The Morgan fingerprint density at radius 1 is 1.26 bits per heavy atom. The first-order valence-electron chi connectivity index (χ1n) is 12.0. The zero-order valence-corrected chi connectivity index (χ0v) is 21.6. The van der Waals surface area contributed by atoms with Crippen LogP contribution in [-0.2, 0) is 17.3 Å². The molecular weight excluding hydrogens is 448 g/mol. The van der Waals surface area contributed by atoms with E-state index >= 15 is 0 Å². The molecule has 1 atom stereocenters. The monoisotopic (exact) mass is 484 g/mol. The molecule has 2 aromatic rings. The van der Waals surface area contributed by atoms with E-state index in [1.807, 2.05) is 38.2 Å². The molecular formula is C25H36N6O2S. The number of aromatic nitrogens is 2. The predicted octanol–water partition coefficient (Wildman–Crippen LogP) is 3.46. The van der Waals surface area contributed by atoms with Gasteiger partial charge in [-0.2, -0.15) is 0 Å². The molecule has 1 aromatic carbocycles. The summed E-state index contributed by atoms with van der Waals surface area (Å²) in [6.07, 6.45) is 5.05. The summed E-state index contributed by atoms with van der Waals surface area (Å²) in [4.78, 5) is 17.0. The van der Waals surface area contributed by atoms with Gasteiger partial charge in [0.25, 0.3) is 0 Å². The van der Waals surface area contributed by atoms with Gasteiger partial charge in [0.15, 0.2) is 5.84 Å². The summed E-state index contributed by atoms with van der Waals surface area (Å²) in [5.74, 6) is 2.03. The van der Waals surface area contributed by atoms with Crippen LogP contribution in [0.4, 0.5) is 0 Å². The van der Waals surface area contributed by atoms with Crippen molar-refractivity contribution in [2.75, 3.05) is 19.7 Å². The smallest absolute Gasteiger partial charge is 0.176 e. The van der Waals surface area contributed by atoms with Crippen LogP contribution in [0.3, 0.4) is 0 Å². The number of ether oxygens (including phenoxy) is 1. The number of likely N-dealkylation sites (tertiary alicyclic amines) is 1. The lowest BCUT2D eigenvalue weighted by molar-refractivity contribution is 0.112. The minimum absolute atomic E-state index is 0.0644. The van der Waals surface area contributed by atoms with E-state index < -0.39 is 10.8 Å². The summed E-state index contributed by atoms with van der Waals surface area (Å²) in [6, 6.07) is 5.92. The van der Waals surface area contributed by atoms with Gasteiger partial charge in [-0.25, -0.2) is 9.98 Å². The van der Waals surface area contributed by atoms with Crippen LogP contribution in [0.1, 0.15) is 53.2 Å². The molecule has 0 aliphatic carbocycles. The minimum atomic E-state index is -1.09. The molecule has 0 amide bonds. The van der Waals surface area contributed by atoms with Crippen LogP contribution in [0.2, 0.25) is 0 Å². The molecule has 0 saturated carbocycles.